The number of halogens is 1. The molecule has 1 aromatic rings. The van der Waals surface area contributed by atoms with E-state index >= 15 is 0 Å². The first kappa shape index (κ1) is 11.2. The summed E-state index contributed by atoms with van der Waals surface area (Å²) >= 11 is 6.72. The molecule has 0 aliphatic rings. The number of carbonyl (C=O) groups excluding carboxylic acids is 1. The van der Waals surface area contributed by atoms with Gasteiger partial charge in [-0.15, -0.1) is 11.3 Å². The first-order chi connectivity index (χ1) is 6.50. The van der Waals surface area contributed by atoms with Gasteiger partial charge in [-0.1, -0.05) is 11.6 Å². The lowest BCUT2D eigenvalue weighted by Crippen LogP contribution is -2.32. The molecule has 76 valence electrons. The van der Waals surface area contributed by atoms with Crippen LogP contribution in [0.15, 0.2) is 12.1 Å². The Balaban J connectivity index is 2.70. The number of hydrogen-bond acceptors (Lipinski definition) is 4. The molecule has 0 aromatic carbocycles. The van der Waals surface area contributed by atoms with Crippen LogP contribution in [0.2, 0.25) is 4.34 Å². The Morgan fingerprint density at radius 1 is 1.57 bits per heavy atom. The zero-order chi connectivity index (χ0) is 10.7. The molecular weight excluding hydrogens is 226 g/mol. The van der Waals surface area contributed by atoms with Crippen molar-refractivity contribution in [1.82, 2.24) is 0 Å². The molecule has 0 aliphatic carbocycles. The molecule has 4 nitrogen and oxygen atoms in total. The van der Waals surface area contributed by atoms with Gasteiger partial charge in [-0.05, 0) is 12.1 Å². The minimum atomic E-state index is -1.09. The molecule has 1 aromatic heterocycles. The Labute approximate surface area is 89.3 Å². The summed E-state index contributed by atoms with van der Waals surface area (Å²) in [7, 11) is 0. The molecule has 1 atom stereocenters. The summed E-state index contributed by atoms with van der Waals surface area (Å²) < 4.78 is 0.482. The van der Waals surface area contributed by atoms with Gasteiger partial charge in [-0.2, -0.15) is 0 Å². The van der Waals surface area contributed by atoms with E-state index in [1.807, 2.05) is 0 Å². The van der Waals surface area contributed by atoms with Crippen LogP contribution in [0.4, 0.5) is 0 Å². The fourth-order valence-electron chi connectivity index (χ4n) is 0.910. The third kappa shape index (κ3) is 2.80. The van der Waals surface area contributed by atoms with Gasteiger partial charge < -0.3 is 10.8 Å². The Hall–Kier alpha value is -0.910. The maximum Gasteiger partial charge on any atom is 0.305 e. The largest absolute Gasteiger partial charge is 0.481 e. The highest BCUT2D eigenvalue weighted by molar-refractivity contribution is 7.18. The standard InChI is InChI=1S/C8H8ClNO3S/c9-6-2-1-5(14-6)8(13)4(10)3-7(11)12/h1-2,4H,3,10H2,(H,11,12). The van der Waals surface area contributed by atoms with Crippen LogP contribution < -0.4 is 5.73 Å². The second-order valence-corrected chi connectivity index (χ2v) is 4.39. The number of rotatable bonds is 4. The van der Waals surface area contributed by atoms with Gasteiger partial charge in [0.15, 0.2) is 5.78 Å². The zero-order valence-electron chi connectivity index (χ0n) is 7.07. The molecule has 3 N–H and O–H groups in total. The van der Waals surface area contributed by atoms with Crippen molar-refractivity contribution in [2.45, 2.75) is 12.5 Å². The van der Waals surface area contributed by atoms with E-state index in [1.54, 1.807) is 6.07 Å². The Morgan fingerprint density at radius 2 is 2.21 bits per heavy atom. The van der Waals surface area contributed by atoms with Crippen molar-refractivity contribution >= 4 is 34.7 Å². The van der Waals surface area contributed by atoms with Crippen LogP contribution in [0.1, 0.15) is 16.1 Å². The fourth-order valence-corrected chi connectivity index (χ4v) is 1.96. The van der Waals surface area contributed by atoms with Crippen molar-refractivity contribution in [3.8, 4) is 0 Å². The predicted octanol–water partition coefficient (Wildman–Crippen LogP) is 1.39. The normalized spacial score (nSPS) is 12.4. The molecule has 14 heavy (non-hydrogen) atoms. The molecule has 0 saturated heterocycles. The van der Waals surface area contributed by atoms with Crippen LogP contribution in [0.25, 0.3) is 0 Å². The van der Waals surface area contributed by atoms with Crippen molar-refractivity contribution in [1.29, 1.82) is 0 Å². The Bertz CT molecular complexity index is 363. The van der Waals surface area contributed by atoms with E-state index in [0.29, 0.717) is 9.21 Å². The summed E-state index contributed by atoms with van der Waals surface area (Å²) in [6.45, 7) is 0. The van der Waals surface area contributed by atoms with Crippen LogP contribution in [0, 0.1) is 0 Å². The van der Waals surface area contributed by atoms with Gasteiger partial charge in [0.05, 0.1) is 21.7 Å². The van der Waals surface area contributed by atoms with E-state index < -0.39 is 12.0 Å². The summed E-state index contributed by atoms with van der Waals surface area (Å²) in [6, 6.07) is 2.12. The van der Waals surface area contributed by atoms with Crippen LogP contribution in [-0.2, 0) is 4.79 Å². The molecule has 0 fully saturated rings. The first-order valence-electron chi connectivity index (χ1n) is 3.77. The molecular formula is C8H8ClNO3S. The highest BCUT2D eigenvalue weighted by Gasteiger charge is 2.19. The van der Waals surface area contributed by atoms with Crippen molar-refractivity contribution < 1.29 is 14.7 Å². The summed E-state index contributed by atoms with van der Waals surface area (Å²) in [5.74, 6) is -1.47. The van der Waals surface area contributed by atoms with E-state index in [-0.39, 0.29) is 12.2 Å². The van der Waals surface area contributed by atoms with Crippen LogP contribution in [0.3, 0.4) is 0 Å². The topological polar surface area (TPSA) is 80.4 Å². The van der Waals surface area contributed by atoms with Gasteiger partial charge in [-0.25, -0.2) is 0 Å². The number of hydrogen-bond donors (Lipinski definition) is 2. The zero-order valence-corrected chi connectivity index (χ0v) is 8.64. The average Bonchev–Trinajstić information content (AvgIpc) is 2.49. The van der Waals surface area contributed by atoms with Crippen molar-refractivity contribution in [2.24, 2.45) is 5.73 Å². The number of carbonyl (C=O) groups is 2. The van der Waals surface area contributed by atoms with Gasteiger partial charge in [0.2, 0.25) is 0 Å². The van der Waals surface area contributed by atoms with E-state index in [9.17, 15) is 9.59 Å². The fraction of sp³-hybridized carbons (Fsp3) is 0.250. The Kier molecular flexibility index (Phi) is 3.62. The number of thiophene rings is 1. The number of ketones is 1. The van der Waals surface area contributed by atoms with Gasteiger partial charge >= 0.3 is 5.97 Å². The third-order valence-corrected chi connectivity index (χ3v) is 2.79. The average molecular weight is 234 g/mol. The molecule has 0 spiro atoms. The summed E-state index contributed by atoms with van der Waals surface area (Å²) in [5, 5.41) is 8.43. The Morgan fingerprint density at radius 3 is 2.64 bits per heavy atom. The molecule has 1 heterocycles. The van der Waals surface area contributed by atoms with E-state index in [1.165, 1.54) is 6.07 Å². The second-order valence-electron chi connectivity index (χ2n) is 2.67. The van der Waals surface area contributed by atoms with Crippen molar-refractivity contribution in [2.75, 3.05) is 0 Å². The minimum Gasteiger partial charge on any atom is -0.481 e. The second kappa shape index (κ2) is 4.54. The molecule has 0 aliphatic heterocycles. The summed E-state index contributed by atoms with van der Waals surface area (Å²) in [4.78, 5) is 22.1. The third-order valence-electron chi connectivity index (χ3n) is 1.55. The number of nitrogens with two attached hydrogens (primary N) is 1. The van der Waals surface area contributed by atoms with Gasteiger partial charge in [0, 0.05) is 0 Å². The summed E-state index contributed by atoms with van der Waals surface area (Å²) in [5.41, 5.74) is 5.39. The minimum absolute atomic E-state index is 0.367. The first-order valence-corrected chi connectivity index (χ1v) is 4.97. The molecule has 6 heteroatoms. The number of Topliss-reactive ketones (excluding diaryl/α,β-unsaturated/α-hetero) is 1. The molecule has 1 unspecified atom stereocenters. The number of carboxylic acid groups (broad SMARTS) is 1. The summed E-state index contributed by atoms with van der Waals surface area (Å²) in [6.07, 6.45) is -0.367. The number of aliphatic carboxylic acids is 1. The van der Waals surface area contributed by atoms with E-state index in [4.69, 9.17) is 22.4 Å². The molecule has 1 rings (SSSR count). The molecule has 0 bridgehead atoms. The lowest BCUT2D eigenvalue weighted by Gasteiger charge is -2.04. The van der Waals surface area contributed by atoms with E-state index in [2.05, 4.69) is 0 Å². The quantitative estimate of drug-likeness (QED) is 0.770. The smallest absolute Gasteiger partial charge is 0.305 e. The van der Waals surface area contributed by atoms with Gasteiger partial charge in [0.25, 0.3) is 0 Å². The van der Waals surface area contributed by atoms with Crippen molar-refractivity contribution in [3.63, 3.8) is 0 Å². The highest BCUT2D eigenvalue weighted by Crippen LogP contribution is 2.22. The van der Waals surface area contributed by atoms with Crippen LogP contribution >= 0.6 is 22.9 Å². The van der Waals surface area contributed by atoms with E-state index in [0.717, 1.165) is 11.3 Å². The van der Waals surface area contributed by atoms with Crippen LogP contribution in [-0.4, -0.2) is 22.9 Å². The lowest BCUT2D eigenvalue weighted by atomic mass is 10.1. The maximum atomic E-state index is 11.5. The maximum absolute atomic E-state index is 11.5. The molecule has 0 saturated carbocycles. The lowest BCUT2D eigenvalue weighted by molar-refractivity contribution is -0.137. The SMILES string of the molecule is NC(CC(=O)O)C(=O)c1ccc(Cl)s1. The highest BCUT2D eigenvalue weighted by atomic mass is 35.5. The van der Waals surface area contributed by atoms with Crippen molar-refractivity contribution in [3.05, 3.63) is 21.3 Å². The van der Waals surface area contributed by atoms with Crippen LogP contribution in [0.5, 0.6) is 0 Å². The monoisotopic (exact) mass is 233 g/mol. The van der Waals surface area contributed by atoms with Gasteiger partial charge in [-0.3, -0.25) is 9.59 Å². The number of carboxylic acids is 1. The predicted molar refractivity (Wildman–Crippen MR) is 53.9 cm³/mol. The van der Waals surface area contributed by atoms with Gasteiger partial charge in [0.1, 0.15) is 0 Å². The molecule has 0 amide bonds. The molecule has 0 radical (unpaired) electrons.